The fourth-order valence-electron chi connectivity index (χ4n) is 2.33. The lowest BCUT2D eigenvalue weighted by Crippen LogP contribution is -2.35. The molecular weight excluding hydrogens is 433 g/mol. The van der Waals surface area contributed by atoms with Crippen LogP contribution in [-0.2, 0) is 20.6 Å². The van der Waals surface area contributed by atoms with Gasteiger partial charge in [-0.15, -0.1) is 0 Å². The minimum Gasteiger partial charge on any atom is -0.493 e. The van der Waals surface area contributed by atoms with Crippen molar-refractivity contribution >= 4 is 29.6 Å². The maximum Gasteiger partial charge on any atom is 0.416 e. The summed E-state index contributed by atoms with van der Waals surface area (Å²) >= 11 is 0. The van der Waals surface area contributed by atoms with Gasteiger partial charge in [-0.2, -0.15) is 18.3 Å². The third-order valence-corrected chi connectivity index (χ3v) is 3.83. The van der Waals surface area contributed by atoms with E-state index in [0.717, 1.165) is 12.1 Å². The van der Waals surface area contributed by atoms with E-state index in [9.17, 15) is 27.6 Å². The van der Waals surface area contributed by atoms with Crippen molar-refractivity contribution in [2.45, 2.75) is 6.18 Å². The van der Waals surface area contributed by atoms with Crippen LogP contribution in [0.4, 0.5) is 18.9 Å². The monoisotopic (exact) mass is 452 g/mol. The number of nitrogens with zero attached hydrogens (tertiary/aromatic N) is 1. The second-order valence-corrected chi connectivity index (χ2v) is 6.10. The van der Waals surface area contributed by atoms with E-state index in [1.807, 2.05) is 5.43 Å². The highest BCUT2D eigenvalue weighted by molar-refractivity contribution is 6.35. The molecule has 170 valence electrons. The number of ether oxygens (including phenoxy) is 2. The highest BCUT2D eigenvalue weighted by atomic mass is 19.4. The van der Waals surface area contributed by atoms with Gasteiger partial charge < -0.3 is 20.1 Å². The van der Waals surface area contributed by atoms with Gasteiger partial charge in [-0.25, -0.2) is 5.43 Å². The molecule has 0 heterocycles. The summed E-state index contributed by atoms with van der Waals surface area (Å²) in [6.07, 6.45) is -3.27. The van der Waals surface area contributed by atoms with Gasteiger partial charge in [0.2, 0.25) is 0 Å². The zero-order valence-electron chi connectivity index (χ0n) is 16.9. The topological polar surface area (TPSA) is 118 Å². The van der Waals surface area contributed by atoms with E-state index in [-0.39, 0.29) is 17.2 Å². The van der Waals surface area contributed by atoms with Crippen molar-refractivity contribution in [3.05, 3.63) is 53.6 Å². The minimum absolute atomic E-state index is 0.0225. The molecule has 3 amide bonds. The van der Waals surface area contributed by atoms with Crippen LogP contribution in [0.3, 0.4) is 0 Å². The maximum absolute atomic E-state index is 12.8. The summed E-state index contributed by atoms with van der Waals surface area (Å²) in [5.74, 6) is -2.04. The predicted molar refractivity (Wildman–Crippen MR) is 108 cm³/mol. The van der Waals surface area contributed by atoms with Crippen LogP contribution in [0.15, 0.2) is 47.6 Å². The first kappa shape index (κ1) is 24.2. The van der Waals surface area contributed by atoms with Crippen molar-refractivity contribution in [3.8, 4) is 11.5 Å². The second kappa shape index (κ2) is 10.8. The number of anilines is 1. The van der Waals surface area contributed by atoms with Gasteiger partial charge >= 0.3 is 18.0 Å². The van der Waals surface area contributed by atoms with Gasteiger partial charge in [-0.05, 0) is 42.0 Å². The lowest BCUT2D eigenvalue weighted by Gasteiger charge is -2.12. The lowest BCUT2D eigenvalue weighted by molar-refractivity contribution is -0.138. The first-order chi connectivity index (χ1) is 15.1. The van der Waals surface area contributed by atoms with E-state index in [1.165, 1.54) is 50.7 Å². The number of nitrogens with one attached hydrogen (secondary N) is 3. The summed E-state index contributed by atoms with van der Waals surface area (Å²) in [6.45, 7) is -0.484. The summed E-state index contributed by atoms with van der Waals surface area (Å²) in [4.78, 5) is 34.4. The Labute approximate surface area is 180 Å². The van der Waals surface area contributed by atoms with E-state index in [0.29, 0.717) is 5.56 Å². The summed E-state index contributed by atoms with van der Waals surface area (Å²) in [5, 5.41) is 8.10. The number of likely N-dealkylation sites (N-methyl/N-ethyl adjacent to an activating group) is 1. The molecule has 0 fully saturated rings. The van der Waals surface area contributed by atoms with Gasteiger partial charge in [0.15, 0.2) is 18.1 Å². The van der Waals surface area contributed by atoms with Gasteiger partial charge in [0.1, 0.15) is 0 Å². The molecule has 0 saturated carbocycles. The molecular formula is C20H19F3N4O5. The number of carbonyl (C=O) groups excluding carboxylic acids is 3. The molecule has 0 bridgehead atoms. The molecule has 12 heteroatoms. The Kier molecular flexibility index (Phi) is 8.16. The van der Waals surface area contributed by atoms with E-state index in [1.54, 1.807) is 0 Å². The molecule has 9 nitrogen and oxygen atoms in total. The Morgan fingerprint density at radius 3 is 2.47 bits per heavy atom. The van der Waals surface area contributed by atoms with E-state index >= 15 is 0 Å². The number of halogens is 3. The molecule has 0 unspecified atom stereocenters. The van der Waals surface area contributed by atoms with Crippen molar-refractivity contribution in [2.24, 2.45) is 5.10 Å². The standard InChI is InChI=1S/C20H19F3N4O5/c1-24-18(29)19(30)27-25-10-12-6-7-15(16(8-12)31-2)32-11-17(28)26-14-5-3-4-13(9-14)20(21,22)23/h3-10H,11H2,1-2H3,(H,24,29)(H,26,28)(H,27,30)/b25-10-. The number of amides is 3. The lowest BCUT2D eigenvalue weighted by atomic mass is 10.2. The molecule has 3 N–H and O–H groups in total. The van der Waals surface area contributed by atoms with Crippen LogP contribution in [0.2, 0.25) is 0 Å². The van der Waals surface area contributed by atoms with Crippen LogP contribution >= 0.6 is 0 Å². The second-order valence-electron chi connectivity index (χ2n) is 6.10. The molecule has 2 aromatic rings. The summed E-state index contributed by atoms with van der Waals surface area (Å²) in [5.41, 5.74) is 1.61. The third-order valence-electron chi connectivity index (χ3n) is 3.83. The van der Waals surface area contributed by atoms with Crippen LogP contribution in [0.1, 0.15) is 11.1 Å². The Morgan fingerprint density at radius 2 is 1.81 bits per heavy atom. The third kappa shape index (κ3) is 7.00. The Balaban J connectivity index is 1.97. The van der Waals surface area contributed by atoms with Crippen LogP contribution in [0.25, 0.3) is 0 Å². The Hall–Kier alpha value is -4.09. The molecule has 2 aromatic carbocycles. The normalized spacial score (nSPS) is 11.0. The molecule has 0 radical (unpaired) electrons. The summed E-state index contributed by atoms with van der Waals surface area (Å²) < 4.78 is 48.8. The molecule has 0 aliphatic carbocycles. The largest absolute Gasteiger partial charge is 0.493 e. The zero-order valence-corrected chi connectivity index (χ0v) is 16.9. The average Bonchev–Trinajstić information content (AvgIpc) is 2.76. The maximum atomic E-state index is 12.8. The quantitative estimate of drug-likeness (QED) is 0.337. The highest BCUT2D eigenvalue weighted by Crippen LogP contribution is 2.31. The number of hydrogen-bond acceptors (Lipinski definition) is 6. The zero-order chi connectivity index (χ0) is 23.7. The van der Waals surface area contributed by atoms with Crippen LogP contribution in [0.5, 0.6) is 11.5 Å². The number of hydrogen-bond donors (Lipinski definition) is 3. The number of benzene rings is 2. The molecule has 2 rings (SSSR count). The number of hydrazone groups is 1. The fraction of sp³-hybridized carbons (Fsp3) is 0.200. The molecule has 0 atom stereocenters. The molecule has 0 spiro atoms. The summed E-state index contributed by atoms with van der Waals surface area (Å²) in [6, 6.07) is 8.72. The predicted octanol–water partition coefficient (Wildman–Crippen LogP) is 1.93. The fourth-order valence-corrected chi connectivity index (χ4v) is 2.33. The molecule has 0 aliphatic heterocycles. The van der Waals surface area contributed by atoms with Crippen molar-refractivity contribution in [1.29, 1.82) is 0 Å². The highest BCUT2D eigenvalue weighted by Gasteiger charge is 2.30. The first-order valence-electron chi connectivity index (χ1n) is 8.97. The smallest absolute Gasteiger partial charge is 0.416 e. The molecule has 32 heavy (non-hydrogen) atoms. The molecule has 0 aromatic heterocycles. The van der Waals surface area contributed by atoms with E-state index < -0.39 is 36.1 Å². The number of rotatable bonds is 7. The van der Waals surface area contributed by atoms with Crippen molar-refractivity contribution in [3.63, 3.8) is 0 Å². The van der Waals surface area contributed by atoms with Gasteiger partial charge in [0.25, 0.3) is 5.91 Å². The van der Waals surface area contributed by atoms with Crippen molar-refractivity contribution in [2.75, 3.05) is 26.1 Å². The van der Waals surface area contributed by atoms with Gasteiger partial charge in [-0.3, -0.25) is 14.4 Å². The first-order valence-corrected chi connectivity index (χ1v) is 8.97. The van der Waals surface area contributed by atoms with Crippen molar-refractivity contribution in [1.82, 2.24) is 10.7 Å². The molecule has 0 saturated heterocycles. The Bertz CT molecular complexity index is 1020. The van der Waals surface area contributed by atoms with Gasteiger partial charge in [0.05, 0.1) is 18.9 Å². The SMILES string of the molecule is CNC(=O)C(=O)N/N=C\c1ccc(OCC(=O)Nc2cccc(C(F)(F)F)c2)c(OC)c1. The minimum atomic E-state index is -4.53. The number of carbonyl (C=O) groups is 3. The van der Waals surface area contributed by atoms with E-state index in [2.05, 4.69) is 15.7 Å². The van der Waals surface area contributed by atoms with Crippen molar-refractivity contribution < 1.29 is 37.0 Å². The molecule has 0 aliphatic rings. The van der Waals surface area contributed by atoms with Crippen LogP contribution in [-0.4, -0.2) is 44.7 Å². The Morgan fingerprint density at radius 1 is 1.06 bits per heavy atom. The number of methoxy groups -OCH3 is 1. The van der Waals surface area contributed by atoms with E-state index in [4.69, 9.17) is 9.47 Å². The van der Waals surface area contributed by atoms with Crippen LogP contribution in [0, 0.1) is 0 Å². The summed E-state index contributed by atoms with van der Waals surface area (Å²) in [7, 11) is 2.66. The van der Waals surface area contributed by atoms with Gasteiger partial charge in [-0.1, -0.05) is 6.07 Å². The number of alkyl halides is 3. The van der Waals surface area contributed by atoms with Crippen LogP contribution < -0.4 is 25.5 Å². The van der Waals surface area contributed by atoms with Gasteiger partial charge in [0, 0.05) is 12.7 Å². The average molecular weight is 452 g/mol.